The largest absolute Gasteiger partial charge is 0.337 e. The van der Waals surface area contributed by atoms with E-state index in [2.05, 4.69) is 20.8 Å². The van der Waals surface area contributed by atoms with E-state index in [9.17, 15) is 19.2 Å². The van der Waals surface area contributed by atoms with Gasteiger partial charge in [-0.15, -0.1) is 0 Å². The van der Waals surface area contributed by atoms with Crippen molar-refractivity contribution in [2.24, 2.45) is 0 Å². The fourth-order valence-corrected chi connectivity index (χ4v) is 3.67. The Kier molecular flexibility index (Phi) is 3.97. The summed E-state index contributed by atoms with van der Waals surface area (Å²) >= 11 is 0. The number of benzene rings is 2. The number of rotatable bonds is 4. The van der Waals surface area contributed by atoms with Gasteiger partial charge >= 0.3 is 6.03 Å². The van der Waals surface area contributed by atoms with Crippen molar-refractivity contribution in [2.75, 3.05) is 0 Å². The number of nitrogens with one attached hydrogen (secondary N) is 2. The molecule has 1 fully saturated rings. The highest BCUT2D eigenvalue weighted by Gasteiger charge is 2.43. The van der Waals surface area contributed by atoms with Crippen LogP contribution in [0, 0.1) is 0 Å². The lowest BCUT2D eigenvalue weighted by atomic mass is 9.91. The summed E-state index contributed by atoms with van der Waals surface area (Å²) in [6.07, 6.45) is 0. The van der Waals surface area contributed by atoms with Gasteiger partial charge in [0.25, 0.3) is 17.7 Å². The van der Waals surface area contributed by atoms with Crippen LogP contribution in [-0.4, -0.2) is 38.8 Å². The molecule has 3 heterocycles. The predicted molar refractivity (Wildman–Crippen MR) is 104 cm³/mol. The van der Waals surface area contributed by atoms with E-state index in [1.165, 1.54) is 0 Å². The molecule has 2 N–H and O–H groups in total. The Balaban J connectivity index is 1.40. The molecule has 1 atom stereocenters. The van der Waals surface area contributed by atoms with E-state index in [0.29, 0.717) is 22.3 Å². The number of hydrogen-bond donors (Lipinski definition) is 2. The van der Waals surface area contributed by atoms with E-state index >= 15 is 0 Å². The Labute approximate surface area is 175 Å². The molecule has 5 amide bonds. The minimum Gasteiger partial charge on any atom is -0.337 e. The van der Waals surface area contributed by atoms with Crippen LogP contribution in [0.5, 0.6) is 0 Å². The Hall–Kier alpha value is -4.34. The fourth-order valence-electron chi connectivity index (χ4n) is 3.67. The Morgan fingerprint density at radius 3 is 2.35 bits per heavy atom. The molecule has 0 saturated carbocycles. The molecule has 0 aliphatic carbocycles. The molecule has 3 aromatic rings. The van der Waals surface area contributed by atoms with Gasteiger partial charge in [-0.3, -0.25) is 24.6 Å². The van der Waals surface area contributed by atoms with E-state index in [4.69, 9.17) is 4.52 Å². The first-order valence-corrected chi connectivity index (χ1v) is 9.39. The molecule has 0 radical (unpaired) electrons. The molecular weight excluding hydrogens is 402 g/mol. The van der Waals surface area contributed by atoms with E-state index in [1.54, 1.807) is 55.5 Å². The zero-order chi connectivity index (χ0) is 21.8. The summed E-state index contributed by atoms with van der Waals surface area (Å²) in [5.74, 6) is -0.986. The normalized spacial score (nSPS) is 20.1. The van der Waals surface area contributed by atoms with Gasteiger partial charge in [0.05, 0.1) is 11.1 Å². The first kappa shape index (κ1) is 18.7. The summed E-state index contributed by atoms with van der Waals surface area (Å²) in [5, 5.41) is 8.75. The zero-order valence-electron chi connectivity index (χ0n) is 16.2. The van der Waals surface area contributed by atoms with E-state index < -0.39 is 29.3 Å². The number of carbonyl (C=O) groups is 4. The molecule has 31 heavy (non-hydrogen) atoms. The van der Waals surface area contributed by atoms with Crippen molar-refractivity contribution in [1.82, 2.24) is 25.7 Å². The van der Waals surface area contributed by atoms with Gasteiger partial charge < -0.3 is 9.84 Å². The maximum absolute atomic E-state index is 12.5. The van der Waals surface area contributed by atoms with Gasteiger partial charge in [-0.25, -0.2) is 4.79 Å². The third kappa shape index (κ3) is 2.88. The van der Waals surface area contributed by atoms with Crippen LogP contribution < -0.4 is 10.6 Å². The second-order valence-corrected chi connectivity index (χ2v) is 7.37. The average Bonchev–Trinajstić information content (AvgIpc) is 3.41. The third-order valence-electron chi connectivity index (χ3n) is 5.38. The second-order valence-electron chi connectivity index (χ2n) is 7.37. The SMILES string of the molecule is CC1(c2cccc(-c3noc(CN4C(=O)c5ccccc5C4=O)n3)c2)NC(=O)NC1=O. The molecule has 1 unspecified atom stereocenters. The van der Waals surface area contributed by atoms with Gasteiger partial charge in [0.1, 0.15) is 12.1 Å². The van der Waals surface area contributed by atoms with Crippen LogP contribution >= 0.6 is 0 Å². The molecular formula is C21H15N5O5. The summed E-state index contributed by atoms with van der Waals surface area (Å²) in [4.78, 5) is 54.1. The van der Waals surface area contributed by atoms with Crippen molar-refractivity contribution in [3.8, 4) is 11.4 Å². The van der Waals surface area contributed by atoms with Crippen LogP contribution in [0.3, 0.4) is 0 Å². The van der Waals surface area contributed by atoms with Crippen LogP contribution in [0.4, 0.5) is 4.79 Å². The first-order chi connectivity index (χ1) is 14.9. The maximum Gasteiger partial charge on any atom is 0.322 e. The number of nitrogens with zero attached hydrogens (tertiary/aromatic N) is 3. The van der Waals surface area contributed by atoms with Crippen molar-refractivity contribution in [1.29, 1.82) is 0 Å². The van der Waals surface area contributed by atoms with Gasteiger partial charge in [0.2, 0.25) is 11.7 Å². The molecule has 2 aliphatic rings. The van der Waals surface area contributed by atoms with Crippen LogP contribution in [-0.2, 0) is 16.9 Å². The van der Waals surface area contributed by atoms with Gasteiger partial charge in [-0.2, -0.15) is 4.98 Å². The highest BCUT2D eigenvalue weighted by molar-refractivity contribution is 6.21. The first-order valence-electron chi connectivity index (χ1n) is 9.39. The zero-order valence-corrected chi connectivity index (χ0v) is 16.2. The summed E-state index contributed by atoms with van der Waals surface area (Å²) < 4.78 is 5.25. The predicted octanol–water partition coefficient (Wildman–Crippen LogP) is 1.59. The fraction of sp³-hybridized carbons (Fsp3) is 0.143. The van der Waals surface area contributed by atoms with Crippen molar-refractivity contribution in [3.63, 3.8) is 0 Å². The Morgan fingerprint density at radius 1 is 1.00 bits per heavy atom. The standard InChI is InChI=1S/C21H15N5O5/c1-21(19(29)23-20(30)24-21)12-6-4-5-11(9-12)16-22-15(31-25-16)10-26-17(27)13-7-2-3-8-14(13)18(26)28/h2-9H,10H2,1H3,(H2,23,24,29,30). The maximum atomic E-state index is 12.5. The number of amides is 5. The average molecular weight is 417 g/mol. The summed E-state index contributed by atoms with van der Waals surface area (Å²) in [5.41, 5.74) is 0.542. The lowest BCUT2D eigenvalue weighted by Crippen LogP contribution is -2.40. The lowest BCUT2D eigenvalue weighted by molar-refractivity contribution is -0.123. The van der Waals surface area contributed by atoms with E-state index in [0.717, 1.165) is 4.90 Å². The summed E-state index contributed by atoms with van der Waals surface area (Å²) in [6, 6.07) is 12.8. The molecule has 10 nitrogen and oxygen atoms in total. The number of fused-ring (bicyclic) bond motifs is 1. The molecule has 2 aromatic carbocycles. The van der Waals surface area contributed by atoms with Crippen molar-refractivity contribution >= 4 is 23.8 Å². The van der Waals surface area contributed by atoms with Gasteiger partial charge in [-0.1, -0.05) is 35.5 Å². The minimum absolute atomic E-state index is 0.0908. The summed E-state index contributed by atoms with van der Waals surface area (Å²) in [6.45, 7) is 1.44. The lowest BCUT2D eigenvalue weighted by Gasteiger charge is -2.21. The van der Waals surface area contributed by atoms with Gasteiger partial charge in [0.15, 0.2) is 0 Å². The molecule has 10 heteroatoms. The Bertz CT molecular complexity index is 1250. The van der Waals surface area contributed by atoms with Crippen molar-refractivity contribution < 1.29 is 23.7 Å². The number of imide groups is 2. The third-order valence-corrected chi connectivity index (χ3v) is 5.38. The van der Waals surface area contributed by atoms with Crippen molar-refractivity contribution in [2.45, 2.75) is 19.0 Å². The topological polar surface area (TPSA) is 134 Å². The van der Waals surface area contributed by atoms with E-state index in [-0.39, 0.29) is 18.3 Å². The van der Waals surface area contributed by atoms with Crippen LogP contribution in [0.15, 0.2) is 53.1 Å². The molecule has 0 spiro atoms. The molecule has 154 valence electrons. The number of aromatic nitrogens is 2. The monoisotopic (exact) mass is 417 g/mol. The van der Waals surface area contributed by atoms with Crippen molar-refractivity contribution in [3.05, 3.63) is 71.1 Å². The molecule has 2 aliphatic heterocycles. The Morgan fingerprint density at radius 2 is 1.71 bits per heavy atom. The summed E-state index contributed by atoms with van der Waals surface area (Å²) in [7, 11) is 0. The number of urea groups is 1. The number of hydrogen-bond acceptors (Lipinski definition) is 7. The van der Waals surface area contributed by atoms with Crippen LogP contribution in [0.2, 0.25) is 0 Å². The van der Waals surface area contributed by atoms with Gasteiger partial charge in [-0.05, 0) is 30.7 Å². The van der Waals surface area contributed by atoms with Crippen LogP contribution in [0.25, 0.3) is 11.4 Å². The molecule has 1 aromatic heterocycles. The smallest absolute Gasteiger partial charge is 0.322 e. The van der Waals surface area contributed by atoms with Crippen LogP contribution in [0.1, 0.15) is 39.1 Å². The molecule has 1 saturated heterocycles. The second kappa shape index (κ2) is 6.59. The highest BCUT2D eigenvalue weighted by atomic mass is 16.5. The quantitative estimate of drug-likeness (QED) is 0.486. The van der Waals surface area contributed by atoms with E-state index in [1.807, 2.05) is 0 Å². The number of carbonyl (C=O) groups excluding carboxylic acids is 4. The molecule has 0 bridgehead atoms. The van der Waals surface area contributed by atoms with Gasteiger partial charge in [0, 0.05) is 5.56 Å². The molecule has 5 rings (SSSR count). The minimum atomic E-state index is -1.22. The highest BCUT2D eigenvalue weighted by Crippen LogP contribution is 2.28.